The Morgan fingerprint density at radius 3 is 2.74 bits per heavy atom. The van der Waals surface area contributed by atoms with E-state index >= 15 is 0 Å². The summed E-state index contributed by atoms with van der Waals surface area (Å²) in [6, 6.07) is 5.42. The fraction of sp³-hybridized carbons (Fsp3) is 0.462. The number of carbonyl (C=O) groups is 1. The Morgan fingerprint density at radius 2 is 2.21 bits per heavy atom. The molecule has 4 N–H and O–H groups in total. The number of nitrogens with zero attached hydrogens (tertiary/aromatic N) is 1. The molecule has 1 amide bonds. The molecular formula is C13H20BrN3O2. The number of carbonyl (C=O) groups excluding carboxylic acids is 1. The van der Waals surface area contributed by atoms with Crippen molar-refractivity contribution in [2.75, 3.05) is 30.7 Å². The topological polar surface area (TPSA) is 78.6 Å². The quantitative estimate of drug-likeness (QED) is 0.694. The zero-order valence-electron chi connectivity index (χ0n) is 11.2. The largest absolute Gasteiger partial charge is 0.399 e. The van der Waals surface area contributed by atoms with Crippen LogP contribution in [0, 0.1) is 0 Å². The van der Waals surface area contributed by atoms with E-state index in [9.17, 15) is 4.79 Å². The van der Waals surface area contributed by atoms with Crippen LogP contribution in [0.15, 0.2) is 22.7 Å². The van der Waals surface area contributed by atoms with E-state index in [0.717, 1.165) is 4.47 Å². The highest BCUT2D eigenvalue weighted by atomic mass is 79.9. The fourth-order valence-electron chi connectivity index (χ4n) is 1.66. The van der Waals surface area contributed by atoms with Crippen LogP contribution in [-0.4, -0.2) is 41.7 Å². The number of amides is 1. The number of hydrogen-bond donors (Lipinski definition) is 3. The maximum Gasteiger partial charge on any atom is 0.238 e. The number of benzene rings is 1. The SMILES string of the molecule is CC(C)N(CCO)CC(=O)Nc1ccc(N)cc1Br. The van der Waals surface area contributed by atoms with Crippen molar-refractivity contribution >= 4 is 33.2 Å². The fourth-order valence-corrected chi connectivity index (χ4v) is 2.15. The molecule has 0 aliphatic rings. The monoisotopic (exact) mass is 329 g/mol. The Balaban J connectivity index is 2.63. The minimum absolute atomic E-state index is 0.0387. The summed E-state index contributed by atoms with van der Waals surface area (Å²) in [5, 5.41) is 11.8. The van der Waals surface area contributed by atoms with E-state index in [-0.39, 0.29) is 25.1 Å². The molecule has 0 spiro atoms. The van der Waals surface area contributed by atoms with Gasteiger partial charge in [0.15, 0.2) is 0 Å². The van der Waals surface area contributed by atoms with Gasteiger partial charge in [-0.05, 0) is 48.0 Å². The van der Waals surface area contributed by atoms with Gasteiger partial charge in [0, 0.05) is 22.7 Å². The number of nitrogen functional groups attached to an aromatic ring is 1. The van der Waals surface area contributed by atoms with E-state index in [1.807, 2.05) is 18.7 Å². The molecule has 0 saturated heterocycles. The van der Waals surface area contributed by atoms with Gasteiger partial charge in [0.25, 0.3) is 0 Å². The van der Waals surface area contributed by atoms with E-state index in [0.29, 0.717) is 17.9 Å². The molecule has 1 aromatic rings. The molecule has 106 valence electrons. The molecular weight excluding hydrogens is 310 g/mol. The Hall–Kier alpha value is -1.11. The first kappa shape index (κ1) is 15.9. The summed E-state index contributed by atoms with van der Waals surface area (Å²) in [7, 11) is 0. The molecule has 6 heteroatoms. The van der Waals surface area contributed by atoms with Crippen molar-refractivity contribution in [2.24, 2.45) is 0 Å². The van der Waals surface area contributed by atoms with E-state index in [1.165, 1.54) is 0 Å². The minimum Gasteiger partial charge on any atom is -0.399 e. The molecule has 0 atom stereocenters. The summed E-state index contributed by atoms with van der Waals surface area (Å²) in [6.07, 6.45) is 0. The van der Waals surface area contributed by atoms with Crippen LogP contribution in [0.1, 0.15) is 13.8 Å². The lowest BCUT2D eigenvalue weighted by molar-refractivity contribution is -0.117. The summed E-state index contributed by atoms with van der Waals surface area (Å²) in [5.74, 6) is -0.118. The molecule has 0 heterocycles. The molecule has 0 aromatic heterocycles. The van der Waals surface area contributed by atoms with E-state index in [1.54, 1.807) is 18.2 Å². The molecule has 0 bridgehead atoms. The lowest BCUT2D eigenvalue weighted by Crippen LogP contribution is -2.39. The van der Waals surface area contributed by atoms with Gasteiger partial charge in [0.1, 0.15) is 0 Å². The van der Waals surface area contributed by atoms with Crippen molar-refractivity contribution in [1.82, 2.24) is 4.90 Å². The predicted octanol–water partition coefficient (Wildman–Crippen LogP) is 1.67. The highest BCUT2D eigenvalue weighted by Gasteiger charge is 2.14. The van der Waals surface area contributed by atoms with Gasteiger partial charge in [0.2, 0.25) is 5.91 Å². The standard InChI is InChI=1S/C13H20BrN3O2/c1-9(2)17(5-6-18)8-13(19)16-12-4-3-10(15)7-11(12)14/h3-4,7,9,18H,5-6,8,15H2,1-2H3,(H,16,19). The number of rotatable bonds is 6. The molecule has 0 saturated carbocycles. The summed E-state index contributed by atoms with van der Waals surface area (Å²) in [6.45, 7) is 4.74. The first-order chi connectivity index (χ1) is 8.93. The van der Waals surface area contributed by atoms with Crippen molar-refractivity contribution in [1.29, 1.82) is 0 Å². The lowest BCUT2D eigenvalue weighted by Gasteiger charge is -2.24. The Bertz CT molecular complexity index is 438. The zero-order chi connectivity index (χ0) is 14.4. The third-order valence-electron chi connectivity index (χ3n) is 2.73. The van der Waals surface area contributed by atoms with Gasteiger partial charge < -0.3 is 16.2 Å². The van der Waals surface area contributed by atoms with Crippen molar-refractivity contribution in [2.45, 2.75) is 19.9 Å². The molecule has 0 fully saturated rings. The van der Waals surface area contributed by atoms with Crippen LogP contribution in [-0.2, 0) is 4.79 Å². The van der Waals surface area contributed by atoms with Crippen LogP contribution in [0.5, 0.6) is 0 Å². The predicted molar refractivity (Wildman–Crippen MR) is 81.0 cm³/mol. The van der Waals surface area contributed by atoms with Crippen molar-refractivity contribution in [3.8, 4) is 0 Å². The average molecular weight is 330 g/mol. The van der Waals surface area contributed by atoms with E-state index in [4.69, 9.17) is 10.8 Å². The summed E-state index contributed by atoms with van der Waals surface area (Å²) in [4.78, 5) is 13.9. The second-order valence-corrected chi connectivity index (χ2v) is 5.43. The third-order valence-corrected chi connectivity index (χ3v) is 3.39. The third kappa shape index (κ3) is 5.18. The maximum absolute atomic E-state index is 12.0. The van der Waals surface area contributed by atoms with Crippen LogP contribution in [0.25, 0.3) is 0 Å². The molecule has 1 rings (SSSR count). The minimum atomic E-state index is -0.118. The summed E-state index contributed by atoms with van der Waals surface area (Å²) >= 11 is 3.35. The first-order valence-corrected chi connectivity index (χ1v) is 6.93. The number of hydrogen-bond acceptors (Lipinski definition) is 4. The van der Waals surface area contributed by atoms with Gasteiger partial charge in [-0.1, -0.05) is 0 Å². The van der Waals surface area contributed by atoms with Crippen LogP contribution < -0.4 is 11.1 Å². The highest BCUT2D eigenvalue weighted by Crippen LogP contribution is 2.24. The Labute approximate surface area is 121 Å². The molecule has 19 heavy (non-hydrogen) atoms. The van der Waals surface area contributed by atoms with Crippen molar-refractivity contribution in [3.63, 3.8) is 0 Å². The molecule has 5 nitrogen and oxygen atoms in total. The van der Waals surface area contributed by atoms with Gasteiger partial charge in [-0.15, -0.1) is 0 Å². The number of anilines is 2. The van der Waals surface area contributed by atoms with E-state index in [2.05, 4.69) is 21.2 Å². The van der Waals surface area contributed by atoms with Crippen molar-refractivity contribution < 1.29 is 9.90 Å². The molecule has 0 aliphatic carbocycles. The zero-order valence-corrected chi connectivity index (χ0v) is 12.8. The number of aliphatic hydroxyl groups excluding tert-OH is 1. The Morgan fingerprint density at radius 1 is 1.53 bits per heavy atom. The van der Waals surface area contributed by atoms with Gasteiger partial charge >= 0.3 is 0 Å². The highest BCUT2D eigenvalue weighted by molar-refractivity contribution is 9.10. The number of nitrogens with two attached hydrogens (primary N) is 1. The average Bonchev–Trinajstić information content (AvgIpc) is 2.32. The van der Waals surface area contributed by atoms with Gasteiger partial charge in [0.05, 0.1) is 18.8 Å². The molecule has 0 aliphatic heterocycles. The summed E-state index contributed by atoms with van der Waals surface area (Å²) in [5.41, 5.74) is 6.96. The normalized spacial score (nSPS) is 11.1. The maximum atomic E-state index is 12.0. The molecule has 0 unspecified atom stereocenters. The summed E-state index contributed by atoms with van der Waals surface area (Å²) < 4.78 is 0.749. The number of halogens is 1. The molecule has 1 aromatic carbocycles. The van der Waals surface area contributed by atoms with Crippen LogP contribution in [0.3, 0.4) is 0 Å². The second kappa shape index (κ2) is 7.47. The lowest BCUT2D eigenvalue weighted by atomic mass is 10.2. The number of aliphatic hydroxyl groups is 1. The van der Waals surface area contributed by atoms with Gasteiger partial charge in [-0.2, -0.15) is 0 Å². The van der Waals surface area contributed by atoms with Gasteiger partial charge in [-0.3, -0.25) is 9.69 Å². The van der Waals surface area contributed by atoms with Crippen LogP contribution in [0.2, 0.25) is 0 Å². The first-order valence-electron chi connectivity index (χ1n) is 6.13. The van der Waals surface area contributed by atoms with Crippen molar-refractivity contribution in [3.05, 3.63) is 22.7 Å². The van der Waals surface area contributed by atoms with Crippen LogP contribution in [0.4, 0.5) is 11.4 Å². The van der Waals surface area contributed by atoms with E-state index < -0.39 is 0 Å². The van der Waals surface area contributed by atoms with Crippen LogP contribution >= 0.6 is 15.9 Å². The smallest absolute Gasteiger partial charge is 0.238 e. The number of nitrogens with one attached hydrogen (secondary N) is 1. The second-order valence-electron chi connectivity index (χ2n) is 4.58. The molecule has 0 radical (unpaired) electrons. The van der Waals surface area contributed by atoms with Gasteiger partial charge in [-0.25, -0.2) is 0 Å². The Kier molecular flexibility index (Phi) is 6.27.